The zero-order chi connectivity index (χ0) is 18.9. The van der Waals surface area contributed by atoms with Crippen LogP contribution in [0.2, 0.25) is 0 Å². The van der Waals surface area contributed by atoms with Crippen LogP contribution in [0.1, 0.15) is 45.7 Å². The van der Waals surface area contributed by atoms with Gasteiger partial charge in [0.05, 0.1) is 18.7 Å². The average Bonchev–Trinajstić information content (AvgIpc) is 3.13. The normalized spacial score (nSPS) is 17.0. The first-order valence-electron chi connectivity index (χ1n) is 10.2. The van der Waals surface area contributed by atoms with Gasteiger partial charge in [0.1, 0.15) is 5.52 Å². The van der Waals surface area contributed by atoms with E-state index in [1.165, 1.54) is 0 Å². The second kappa shape index (κ2) is 10.7. The molecule has 0 saturated carbocycles. The zero-order valence-electron chi connectivity index (χ0n) is 16.5. The number of nitrogens with zero attached hydrogens (tertiary/aromatic N) is 4. The number of unbranched alkanes of at least 4 members (excludes halogenated alkanes) is 2. The largest absolute Gasteiger partial charge is 0.379 e. The van der Waals surface area contributed by atoms with Gasteiger partial charge in [-0.2, -0.15) is 0 Å². The van der Waals surface area contributed by atoms with Crippen LogP contribution in [0.4, 0.5) is 0 Å². The van der Waals surface area contributed by atoms with Gasteiger partial charge in [-0.25, -0.2) is 4.68 Å². The Labute approximate surface area is 161 Å². The quantitative estimate of drug-likeness (QED) is 0.443. The van der Waals surface area contributed by atoms with Gasteiger partial charge in [0, 0.05) is 26.3 Å². The monoisotopic (exact) mass is 376 g/mol. The maximum Gasteiger partial charge on any atom is 0.193 e. The second-order valence-corrected chi connectivity index (χ2v) is 6.90. The minimum Gasteiger partial charge on any atom is -0.379 e. The summed E-state index contributed by atoms with van der Waals surface area (Å²) in [5.41, 5.74) is 1.88. The van der Waals surface area contributed by atoms with Crippen molar-refractivity contribution in [3.05, 3.63) is 24.3 Å². The second-order valence-electron chi connectivity index (χ2n) is 6.90. The third-order valence-corrected chi connectivity index (χ3v) is 4.85. The lowest BCUT2D eigenvalue weighted by molar-refractivity contribution is -0.207. The maximum atomic E-state index is 6.22. The molecule has 0 radical (unpaired) electrons. The summed E-state index contributed by atoms with van der Waals surface area (Å²) in [6, 6.07) is 8.04. The third kappa shape index (κ3) is 5.25. The smallest absolute Gasteiger partial charge is 0.193 e. The molecule has 1 fully saturated rings. The molecular formula is C20H32N4O3. The van der Waals surface area contributed by atoms with Crippen molar-refractivity contribution in [3.63, 3.8) is 0 Å². The van der Waals surface area contributed by atoms with E-state index in [0.29, 0.717) is 26.4 Å². The molecule has 1 aliphatic heterocycles. The van der Waals surface area contributed by atoms with Crippen molar-refractivity contribution in [2.75, 3.05) is 39.5 Å². The van der Waals surface area contributed by atoms with E-state index in [0.717, 1.165) is 49.8 Å². The van der Waals surface area contributed by atoms with Crippen LogP contribution in [0, 0.1) is 0 Å². The number of hydrogen-bond acceptors (Lipinski definition) is 6. The van der Waals surface area contributed by atoms with Gasteiger partial charge in [0.15, 0.2) is 12.5 Å². The molecule has 27 heavy (non-hydrogen) atoms. The van der Waals surface area contributed by atoms with Crippen molar-refractivity contribution in [1.82, 2.24) is 19.9 Å². The Hall–Kier alpha value is -1.54. The van der Waals surface area contributed by atoms with E-state index >= 15 is 0 Å². The van der Waals surface area contributed by atoms with E-state index in [-0.39, 0.29) is 12.5 Å². The predicted molar refractivity (Wildman–Crippen MR) is 104 cm³/mol. The van der Waals surface area contributed by atoms with E-state index in [1.807, 2.05) is 22.9 Å². The lowest BCUT2D eigenvalue weighted by atomic mass is 10.2. The number of rotatable bonds is 11. The number of morpholine rings is 1. The number of fused-ring (bicyclic) bond motifs is 1. The molecule has 1 aliphatic rings. The highest BCUT2D eigenvalue weighted by molar-refractivity contribution is 5.73. The highest BCUT2D eigenvalue weighted by Crippen LogP contribution is 2.26. The predicted octanol–water partition coefficient (Wildman–Crippen LogP) is 3.22. The van der Waals surface area contributed by atoms with Gasteiger partial charge in [-0.1, -0.05) is 44.0 Å². The van der Waals surface area contributed by atoms with Crippen LogP contribution in [-0.4, -0.2) is 65.7 Å². The Morgan fingerprint density at radius 1 is 1.04 bits per heavy atom. The molecule has 1 saturated heterocycles. The molecule has 0 spiro atoms. The summed E-state index contributed by atoms with van der Waals surface area (Å²) in [6.45, 7) is 8.76. The number of para-hydroxylation sites is 1. The minimum absolute atomic E-state index is 0.157. The Balaban J connectivity index is 1.89. The van der Waals surface area contributed by atoms with E-state index < -0.39 is 0 Å². The summed E-state index contributed by atoms with van der Waals surface area (Å²) < 4.78 is 20.0. The molecule has 1 aromatic heterocycles. The lowest BCUT2D eigenvalue weighted by Gasteiger charge is -2.38. The van der Waals surface area contributed by atoms with Crippen molar-refractivity contribution in [1.29, 1.82) is 0 Å². The fraction of sp³-hybridized carbons (Fsp3) is 0.700. The summed E-state index contributed by atoms with van der Waals surface area (Å²) in [6.07, 6.45) is 3.68. The van der Waals surface area contributed by atoms with Gasteiger partial charge in [-0.05, 0) is 25.0 Å². The molecule has 0 amide bonds. The van der Waals surface area contributed by atoms with Crippen LogP contribution < -0.4 is 0 Å². The first-order chi connectivity index (χ1) is 13.3. The van der Waals surface area contributed by atoms with Gasteiger partial charge in [-0.15, -0.1) is 5.10 Å². The van der Waals surface area contributed by atoms with Gasteiger partial charge < -0.3 is 14.2 Å². The summed E-state index contributed by atoms with van der Waals surface area (Å²) in [4.78, 5) is 2.34. The maximum absolute atomic E-state index is 6.22. The Morgan fingerprint density at radius 2 is 1.70 bits per heavy atom. The number of ether oxygens (including phenoxy) is 3. The van der Waals surface area contributed by atoms with E-state index in [4.69, 9.17) is 14.2 Å². The van der Waals surface area contributed by atoms with Crippen LogP contribution in [0.25, 0.3) is 11.0 Å². The van der Waals surface area contributed by atoms with E-state index in [2.05, 4.69) is 35.1 Å². The zero-order valence-corrected chi connectivity index (χ0v) is 16.5. The summed E-state index contributed by atoms with van der Waals surface area (Å²) in [7, 11) is 0. The molecule has 0 aliphatic carbocycles. The first-order valence-corrected chi connectivity index (χ1v) is 10.2. The average molecular weight is 377 g/mol. The summed E-state index contributed by atoms with van der Waals surface area (Å²) in [5.74, 6) is 0. The molecule has 1 aromatic carbocycles. The van der Waals surface area contributed by atoms with Crippen molar-refractivity contribution < 1.29 is 14.2 Å². The van der Waals surface area contributed by atoms with Crippen LogP contribution >= 0.6 is 0 Å². The topological polar surface area (TPSA) is 61.6 Å². The molecule has 0 bridgehead atoms. The molecule has 2 heterocycles. The molecule has 1 atom stereocenters. The number of hydrogen-bond donors (Lipinski definition) is 0. The summed E-state index contributed by atoms with van der Waals surface area (Å²) in [5, 5.41) is 8.83. The lowest BCUT2D eigenvalue weighted by Crippen LogP contribution is -2.48. The number of benzene rings is 1. The Kier molecular flexibility index (Phi) is 8.01. The minimum atomic E-state index is -0.383. The highest BCUT2D eigenvalue weighted by atomic mass is 16.7. The van der Waals surface area contributed by atoms with Gasteiger partial charge >= 0.3 is 0 Å². The SMILES string of the molecule is CCCCOC(OCCCC)C(N1CCOCC1)n1nnc2ccccc21. The molecule has 3 rings (SSSR count). The molecule has 7 heteroatoms. The number of aromatic nitrogens is 3. The molecule has 1 unspecified atom stereocenters. The van der Waals surface area contributed by atoms with Crippen LogP contribution in [0.3, 0.4) is 0 Å². The molecule has 2 aromatic rings. The summed E-state index contributed by atoms with van der Waals surface area (Å²) >= 11 is 0. The molecule has 150 valence electrons. The van der Waals surface area contributed by atoms with Crippen molar-refractivity contribution >= 4 is 11.0 Å². The highest BCUT2D eigenvalue weighted by Gasteiger charge is 2.34. The van der Waals surface area contributed by atoms with Gasteiger partial charge in [-0.3, -0.25) is 4.90 Å². The van der Waals surface area contributed by atoms with Crippen molar-refractivity contribution in [2.24, 2.45) is 0 Å². The van der Waals surface area contributed by atoms with Crippen molar-refractivity contribution in [3.8, 4) is 0 Å². The van der Waals surface area contributed by atoms with Crippen LogP contribution in [0.15, 0.2) is 24.3 Å². The standard InChI is InChI=1S/C20H32N4O3/c1-3-5-13-26-20(27-14-6-4-2)19(23-11-15-25-16-12-23)24-18-10-8-7-9-17(18)21-22-24/h7-10,19-20H,3-6,11-16H2,1-2H3. The third-order valence-electron chi connectivity index (χ3n) is 4.85. The van der Waals surface area contributed by atoms with Crippen molar-refractivity contribution in [2.45, 2.75) is 52.0 Å². The van der Waals surface area contributed by atoms with Crippen LogP contribution in [-0.2, 0) is 14.2 Å². The first kappa shape index (κ1) is 20.2. The Morgan fingerprint density at radius 3 is 2.37 bits per heavy atom. The van der Waals surface area contributed by atoms with Gasteiger partial charge in [0.2, 0.25) is 0 Å². The van der Waals surface area contributed by atoms with E-state index in [9.17, 15) is 0 Å². The molecular weight excluding hydrogens is 344 g/mol. The fourth-order valence-electron chi connectivity index (χ4n) is 3.27. The molecule has 0 N–H and O–H groups in total. The van der Waals surface area contributed by atoms with Crippen LogP contribution in [0.5, 0.6) is 0 Å². The molecule has 7 nitrogen and oxygen atoms in total. The van der Waals surface area contributed by atoms with Gasteiger partial charge in [0.25, 0.3) is 0 Å². The Bertz CT molecular complexity index is 662. The van der Waals surface area contributed by atoms with E-state index in [1.54, 1.807) is 0 Å². The fourth-order valence-corrected chi connectivity index (χ4v) is 3.27.